The van der Waals surface area contributed by atoms with Crippen LogP contribution in [0.5, 0.6) is 0 Å². The van der Waals surface area contributed by atoms with Crippen LogP contribution in [0.1, 0.15) is 67.6 Å². The number of carbonyl (C=O) groups is 1. The molecule has 5 rings (SSSR count). The highest BCUT2D eigenvalue weighted by atomic mass is 16.1. The highest BCUT2D eigenvalue weighted by Gasteiger charge is 2.45. The van der Waals surface area contributed by atoms with Gasteiger partial charge in [-0.3, -0.25) is 14.7 Å². The lowest BCUT2D eigenvalue weighted by Crippen LogP contribution is -2.41. The molecule has 1 saturated heterocycles. The Kier molecular flexibility index (Phi) is 5.13. The first-order valence-electron chi connectivity index (χ1n) is 11.2. The van der Waals surface area contributed by atoms with Crippen LogP contribution >= 0.6 is 0 Å². The van der Waals surface area contributed by atoms with E-state index in [-0.39, 0.29) is 11.3 Å². The van der Waals surface area contributed by atoms with Gasteiger partial charge < -0.3 is 5.32 Å². The third kappa shape index (κ3) is 3.83. The molecule has 2 aliphatic carbocycles. The first-order valence-corrected chi connectivity index (χ1v) is 11.2. The number of hydrogen-bond donors (Lipinski definition) is 1. The van der Waals surface area contributed by atoms with Crippen molar-refractivity contribution in [2.24, 2.45) is 0 Å². The zero-order chi connectivity index (χ0) is 19.7. The van der Waals surface area contributed by atoms with Crippen molar-refractivity contribution >= 4 is 5.91 Å². The molecule has 1 spiro atoms. The van der Waals surface area contributed by atoms with Crippen molar-refractivity contribution in [3.05, 3.63) is 65.5 Å². The van der Waals surface area contributed by atoms with Crippen LogP contribution in [0.4, 0.5) is 0 Å². The summed E-state index contributed by atoms with van der Waals surface area (Å²) in [5, 5.41) is 3.25. The summed E-state index contributed by atoms with van der Waals surface area (Å²) < 4.78 is 0. The highest BCUT2D eigenvalue weighted by Crippen LogP contribution is 2.52. The number of benzene rings is 1. The first-order chi connectivity index (χ1) is 14.2. The number of carbonyl (C=O) groups excluding carboxylic acids is 1. The number of amides is 1. The first kappa shape index (κ1) is 18.8. The molecule has 4 heteroatoms. The summed E-state index contributed by atoms with van der Waals surface area (Å²) in [4.78, 5) is 19.4. The molecular formula is C25H31N3O. The third-order valence-electron chi connectivity index (χ3n) is 7.45. The fourth-order valence-corrected chi connectivity index (χ4v) is 5.64. The Hall–Kier alpha value is -2.20. The van der Waals surface area contributed by atoms with Crippen molar-refractivity contribution in [3.8, 4) is 0 Å². The van der Waals surface area contributed by atoms with Gasteiger partial charge >= 0.3 is 0 Å². The van der Waals surface area contributed by atoms with Crippen LogP contribution < -0.4 is 5.32 Å². The summed E-state index contributed by atoms with van der Waals surface area (Å²) in [5.41, 5.74) is 4.49. The quantitative estimate of drug-likeness (QED) is 0.835. The van der Waals surface area contributed by atoms with Gasteiger partial charge in [-0.2, -0.15) is 0 Å². The van der Waals surface area contributed by atoms with E-state index >= 15 is 0 Å². The Morgan fingerprint density at radius 1 is 1.14 bits per heavy atom. The van der Waals surface area contributed by atoms with Gasteiger partial charge in [-0.05, 0) is 85.7 Å². The standard InChI is InChI=1S/C25H31N3O/c29-24(27-21-6-3-7-21)15-20-16-25(23-9-2-1-8-22(20)23)10-13-28(14-11-25)18-19-5-4-12-26-17-19/h1-2,4-5,8-9,12,17,20-21H,3,6-7,10-11,13-16,18H2,(H,27,29)/t20-/m1/s1. The number of rotatable bonds is 5. The monoisotopic (exact) mass is 389 g/mol. The van der Waals surface area contributed by atoms with Gasteiger partial charge in [-0.1, -0.05) is 30.3 Å². The Balaban J connectivity index is 1.26. The third-order valence-corrected chi connectivity index (χ3v) is 7.45. The molecule has 0 unspecified atom stereocenters. The van der Waals surface area contributed by atoms with E-state index in [0.717, 1.165) is 38.9 Å². The van der Waals surface area contributed by atoms with E-state index in [1.165, 1.54) is 36.0 Å². The Labute approximate surface area is 173 Å². The van der Waals surface area contributed by atoms with E-state index in [1.807, 2.05) is 18.5 Å². The number of nitrogens with zero attached hydrogens (tertiary/aromatic N) is 2. The second-order valence-electron chi connectivity index (χ2n) is 9.31. The molecule has 0 bridgehead atoms. The van der Waals surface area contributed by atoms with Crippen LogP contribution in [0.2, 0.25) is 0 Å². The van der Waals surface area contributed by atoms with Gasteiger partial charge in [-0.25, -0.2) is 0 Å². The molecule has 1 N–H and O–H groups in total. The van der Waals surface area contributed by atoms with Crippen molar-refractivity contribution in [3.63, 3.8) is 0 Å². The molecule has 2 fully saturated rings. The number of likely N-dealkylation sites (tertiary alicyclic amines) is 1. The summed E-state index contributed by atoms with van der Waals surface area (Å²) in [6.07, 6.45) is 11.5. The van der Waals surface area contributed by atoms with E-state index in [9.17, 15) is 4.79 Å². The smallest absolute Gasteiger partial charge is 0.220 e. The summed E-state index contributed by atoms with van der Waals surface area (Å²) in [5.74, 6) is 0.622. The molecule has 2 aromatic rings. The Morgan fingerprint density at radius 2 is 1.97 bits per heavy atom. The van der Waals surface area contributed by atoms with Crippen molar-refractivity contribution < 1.29 is 4.79 Å². The summed E-state index contributed by atoms with van der Waals surface area (Å²) in [6.45, 7) is 3.22. The lowest BCUT2D eigenvalue weighted by atomic mass is 9.73. The van der Waals surface area contributed by atoms with Gasteiger partial charge in [-0.15, -0.1) is 0 Å². The second-order valence-corrected chi connectivity index (χ2v) is 9.31. The van der Waals surface area contributed by atoms with Gasteiger partial charge in [0, 0.05) is 31.4 Å². The average molecular weight is 390 g/mol. The Bertz CT molecular complexity index is 853. The minimum atomic E-state index is 0.251. The zero-order valence-corrected chi connectivity index (χ0v) is 17.1. The van der Waals surface area contributed by atoms with Gasteiger partial charge in [0.25, 0.3) is 0 Å². The fourth-order valence-electron chi connectivity index (χ4n) is 5.64. The van der Waals surface area contributed by atoms with E-state index in [2.05, 4.69) is 45.5 Å². The lowest BCUT2D eigenvalue weighted by molar-refractivity contribution is -0.122. The van der Waals surface area contributed by atoms with Crippen LogP contribution in [0.15, 0.2) is 48.8 Å². The van der Waals surface area contributed by atoms with E-state index in [1.54, 1.807) is 0 Å². The number of fused-ring (bicyclic) bond motifs is 2. The normalized spacial score (nSPS) is 23.5. The molecule has 2 heterocycles. The van der Waals surface area contributed by atoms with Crippen LogP contribution in [0.3, 0.4) is 0 Å². The summed E-state index contributed by atoms with van der Waals surface area (Å²) in [7, 11) is 0. The number of piperidine rings is 1. The van der Waals surface area contributed by atoms with E-state index < -0.39 is 0 Å². The molecule has 1 atom stereocenters. The molecular weight excluding hydrogens is 358 g/mol. The maximum atomic E-state index is 12.6. The number of nitrogens with one attached hydrogen (secondary N) is 1. The van der Waals surface area contributed by atoms with Crippen LogP contribution in [-0.4, -0.2) is 34.9 Å². The topological polar surface area (TPSA) is 45.2 Å². The number of aromatic nitrogens is 1. The Morgan fingerprint density at radius 3 is 2.69 bits per heavy atom. The predicted molar refractivity (Wildman–Crippen MR) is 115 cm³/mol. The van der Waals surface area contributed by atoms with Crippen molar-refractivity contribution in [1.29, 1.82) is 0 Å². The molecule has 152 valence electrons. The molecule has 1 aliphatic heterocycles. The van der Waals surface area contributed by atoms with Gasteiger partial charge in [0.1, 0.15) is 0 Å². The van der Waals surface area contributed by atoms with Crippen LogP contribution in [0.25, 0.3) is 0 Å². The minimum absolute atomic E-state index is 0.251. The molecule has 3 aliphatic rings. The predicted octanol–water partition coefficient (Wildman–Crippen LogP) is 4.16. The summed E-state index contributed by atoms with van der Waals surface area (Å²) >= 11 is 0. The van der Waals surface area contributed by atoms with Crippen molar-refractivity contribution in [2.45, 2.75) is 68.9 Å². The fraction of sp³-hybridized carbons (Fsp3) is 0.520. The largest absolute Gasteiger partial charge is 0.353 e. The van der Waals surface area contributed by atoms with E-state index in [4.69, 9.17) is 0 Å². The molecule has 1 saturated carbocycles. The second kappa shape index (κ2) is 7.91. The van der Waals surface area contributed by atoms with Crippen molar-refractivity contribution in [2.75, 3.05) is 13.1 Å². The van der Waals surface area contributed by atoms with E-state index in [0.29, 0.717) is 18.4 Å². The molecule has 4 nitrogen and oxygen atoms in total. The lowest BCUT2D eigenvalue weighted by Gasteiger charge is -2.40. The molecule has 1 amide bonds. The molecule has 1 aromatic carbocycles. The summed E-state index contributed by atoms with van der Waals surface area (Å²) in [6, 6.07) is 13.5. The van der Waals surface area contributed by atoms with Gasteiger partial charge in [0.15, 0.2) is 0 Å². The molecule has 29 heavy (non-hydrogen) atoms. The zero-order valence-electron chi connectivity index (χ0n) is 17.1. The van der Waals surface area contributed by atoms with Crippen LogP contribution in [-0.2, 0) is 16.8 Å². The maximum Gasteiger partial charge on any atom is 0.220 e. The SMILES string of the molecule is O=C(C[C@@H]1CC2(CCN(Cc3cccnc3)CC2)c2ccccc21)NC1CCC1. The average Bonchev–Trinajstić information content (AvgIpc) is 3.01. The number of hydrogen-bond acceptors (Lipinski definition) is 3. The number of pyridine rings is 1. The maximum absolute atomic E-state index is 12.6. The van der Waals surface area contributed by atoms with Crippen molar-refractivity contribution in [1.82, 2.24) is 15.2 Å². The molecule has 0 radical (unpaired) electrons. The highest BCUT2D eigenvalue weighted by molar-refractivity contribution is 5.77. The van der Waals surface area contributed by atoms with Gasteiger partial charge in [0.05, 0.1) is 0 Å². The molecule has 1 aromatic heterocycles. The van der Waals surface area contributed by atoms with Gasteiger partial charge in [0.2, 0.25) is 5.91 Å². The minimum Gasteiger partial charge on any atom is -0.353 e. The van der Waals surface area contributed by atoms with Crippen LogP contribution in [0, 0.1) is 0 Å².